The number of aromatic nitrogens is 1. The Kier molecular flexibility index (Phi) is 5.86. The van der Waals surface area contributed by atoms with Gasteiger partial charge in [0.2, 0.25) is 0 Å². The monoisotopic (exact) mass is 368 g/mol. The number of rotatable bonds is 7. The normalized spacial score (nSPS) is 10.4. The number of nitrogens with one attached hydrogen (secondary N) is 1. The first kappa shape index (κ1) is 17.9. The number of methoxy groups -OCH3 is 1. The molecule has 1 heterocycles. The van der Waals surface area contributed by atoms with Crippen molar-refractivity contribution in [3.05, 3.63) is 70.7 Å². The smallest absolute Gasteiger partial charge is 0.264 e. The topological polar surface area (TPSA) is 60.5 Å². The van der Waals surface area contributed by atoms with Gasteiger partial charge in [0, 0.05) is 17.5 Å². The predicted octanol–water partition coefficient (Wildman–Crippen LogP) is 4.07. The molecular weight excluding hydrogens is 348 g/mol. The number of ether oxygens (including phenoxy) is 2. The van der Waals surface area contributed by atoms with E-state index in [4.69, 9.17) is 9.47 Å². The van der Waals surface area contributed by atoms with Gasteiger partial charge in [-0.05, 0) is 36.8 Å². The van der Waals surface area contributed by atoms with E-state index < -0.39 is 0 Å². The highest BCUT2D eigenvalue weighted by Crippen LogP contribution is 2.22. The molecule has 0 aliphatic rings. The van der Waals surface area contributed by atoms with Crippen LogP contribution >= 0.6 is 11.3 Å². The van der Waals surface area contributed by atoms with Crippen molar-refractivity contribution in [2.45, 2.75) is 13.3 Å². The van der Waals surface area contributed by atoms with Crippen molar-refractivity contribution in [3.8, 4) is 11.5 Å². The van der Waals surface area contributed by atoms with E-state index in [9.17, 15) is 4.79 Å². The summed E-state index contributed by atoms with van der Waals surface area (Å²) in [6.07, 6.45) is 2.60. The predicted molar refractivity (Wildman–Crippen MR) is 103 cm³/mol. The molecule has 0 atom stereocenters. The van der Waals surface area contributed by atoms with E-state index in [-0.39, 0.29) is 12.5 Å². The van der Waals surface area contributed by atoms with Crippen molar-refractivity contribution >= 4 is 22.4 Å². The first-order valence-corrected chi connectivity index (χ1v) is 9.01. The molecule has 1 N–H and O–H groups in total. The van der Waals surface area contributed by atoms with Gasteiger partial charge in [0.15, 0.2) is 11.7 Å². The minimum absolute atomic E-state index is 0.0703. The zero-order valence-electron chi connectivity index (χ0n) is 14.7. The molecule has 0 saturated heterocycles. The maximum absolute atomic E-state index is 12.0. The minimum atomic E-state index is -0.239. The zero-order chi connectivity index (χ0) is 18.4. The van der Waals surface area contributed by atoms with E-state index in [1.54, 1.807) is 37.6 Å². The third-order valence-electron chi connectivity index (χ3n) is 3.69. The summed E-state index contributed by atoms with van der Waals surface area (Å²) in [5.74, 6) is 1.11. The fourth-order valence-corrected chi connectivity index (χ4v) is 3.31. The van der Waals surface area contributed by atoms with E-state index in [0.29, 0.717) is 10.9 Å². The number of aryl methyl sites for hydroxylation is 1. The quantitative estimate of drug-likeness (QED) is 0.683. The van der Waals surface area contributed by atoms with Crippen molar-refractivity contribution in [2.75, 3.05) is 19.0 Å². The summed E-state index contributed by atoms with van der Waals surface area (Å²) >= 11 is 1.47. The SMILES string of the molecule is COc1ccc(OCC(=O)Nc2ncc(Cc3cccc(C)c3)s2)cc1. The number of carbonyl (C=O) groups is 1. The molecule has 0 spiro atoms. The molecule has 2 aromatic carbocycles. The maximum Gasteiger partial charge on any atom is 0.264 e. The van der Waals surface area contributed by atoms with Gasteiger partial charge >= 0.3 is 0 Å². The summed E-state index contributed by atoms with van der Waals surface area (Å²) < 4.78 is 10.5. The molecule has 134 valence electrons. The molecule has 0 unspecified atom stereocenters. The first-order chi connectivity index (χ1) is 12.6. The van der Waals surface area contributed by atoms with Gasteiger partial charge in [-0.25, -0.2) is 4.98 Å². The second-order valence-electron chi connectivity index (χ2n) is 5.81. The molecule has 0 fully saturated rings. The summed E-state index contributed by atoms with van der Waals surface area (Å²) in [4.78, 5) is 17.4. The van der Waals surface area contributed by atoms with E-state index in [1.807, 2.05) is 6.07 Å². The number of anilines is 1. The molecule has 3 rings (SSSR count). The number of hydrogen-bond donors (Lipinski definition) is 1. The molecule has 26 heavy (non-hydrogen) atoms. The molecule has 0 bridgehead atoms. The summed E-state index contributed by atoms with van der Waals surface area (Å²) in [5, 5.41) is 3.35. The number of nitrogens with zero attached hydrogens (tertiary/aromatic N) is 1. The van der Waals surface area contributed by atoms with Crippen LogP contribution in [0.4, 0.5) is 5.13 Å². The van der Waals surface area contributed by atoms with Gasteiger partial charge in [0.1, 0.15) is 11.5 Å². The lowest BCUT2D eigenvalue weighted by Crippen LogP contribution is -2.19. The fourth-order valence-electron chi connectivity index (χ4n) is 2.45. The Morgan fingerprint density at radius 2 is 1.92 bits per heavy atom. The highest BCUT2D eigenvalue weighted by molar-refractivity contribution is 7.15. The van der Waals surface area contributed by atoms with Gasteiger partial charge in [-0.2, -0.15) is 0 Å². The molecule has 1 aromatic heterocycles. The summed E-state index contributed by atoms with van der Waals surface area (Å²) in [5.41, 5.74) is 2.46. The Balaban J connectivity index is 1.50. The Bertz CT molecular complexity index is 875. The molecule has 0 aliphatic heterocycles. The average Bonchev–Trinajstić information content (AvgIpc) is 3.07. The Labute approximate surface area is 156 Å². The van der Waals surface area contributed by atoms with Gasteiger partial charge in [0.25, 0.3) is 5.91 Å². The number of benzene rings is 2. The summed E-state index contributed by atoms with van der Waals surface area (Å²) in [6.45, 7) is 2.00. The van der Waals surface area contributed by atoms with Crippen LogP contribution in [-0.4, -0.2) is 24.6 Å². The van der Waals surface area contributed by atoms with E-state index in [0.717, 1.165) is 17.0 Å². The van der Waals surface area contributed by atoms with Gasteiger partial charge in [-0.3, -0.25) is 10.1 Å². The molecular formula is C20H20N2O3S. The summed E-state index contributed by atoms with van der Waals surface area (Å²) in [6, 6.07) is 15.5. The molecule has 0 aliphatic carbocycles. The Morgan fingerprint density at radius 3 is 2.65 bits per heavy atom. The van der Waals surface area contributed by atoms with Crippen LogP contribution < -0.4 is 14.8 Å². The molecule has 0 radical (unpaired) electrons. The van der Waals surface area contributed by atoms with Crippen LogP contribution in [0.3, 0.4) is 0 Å². The van der Waals surface area contributed by atoms with Gasteiger partial charge in [-0.15, -0.1) is 11.3 Å². The van der Waals surface area contributed by atoms with Crippen LogP contribution in [0.15, 0.2) is 54.7 Å². The highest BCUT2D eigenvalue weighted by Gasteiger charge is 2.08. The van der Waals surface area contributed by atoms with E-state index in [2.05, 4.69) is 35.4 Å². The third-order valence-corrected chi connectivity index (χ3v) is 4.60. The number of hydrogen-bond acceptors (Lipinski definition) is 5. The van der Waals surface area contributed by atoms with Crippen molar-refractivity contribution in [2.24, 2.45) is 0 Å². The van der Waals surface area contributed by atoms with Crippen LogP contribution in [0.25, 0.3) is 0 Å². The van der Waals surface area contributed by atoms with Crippen molar-refractivity contribution in [1.29, 1.82) is 0 Å². The van der Waals surface area contributed by atoms with Crippen LogP contribution in [-0.2, 0) is 11.2 Å². The molecule has 0 saturated carbocycles. The third kappa shape index (κ3) is 5.07. The number of carbonyl (C=O) groups excluding carboxylic acids is 1. The molecule has 5 nitrogen and oxygen atoms in total. The van der Waals surface area contributed by atoms with Gasteiger partial charge in [0.05, 0.1) is 7.11 Å². The lowest BCUT2D eigenvalue weighted by molar-refractivity contribution is -0.118. The minimum Gasteiger partial charge on any atom is -0.497 e. The van der Waals surface area contributed by atoms with Gasteiger partial charge < -0.3 is 9.47 Å². The summed E-state index contributed by atoms with van der Waals surface area (Å²) in [7, 11) is 1.60. The maximum atomic E-state index is 12.0. The largest absolute Gasteiger partial charge is 0.497 e. The van der Waals surface area contributed by atoms with Crippen molar-refractivity contribution in [1.82, 2.24) is 4.98 Å². The van der Waals surface area contributed by atoms with Crippen LogP contribution in [0, 0.1) is 6.92 Å². The van der Waals surface area contributed by atoms with Crippen LogP contribution in [0.1, 0.15) is 16.0 Å². The van der Waals surface area contributed by atoms with Crippen molar-refractivity contribution in [3.63, 3.8) is 0 Å². The molecule has 6 heteroatoms. The van der Waals surface area contributed by atoms with Gasteiger partial charge in [-0.1, -0.05) is 29.8 Å². The standard InChI is InChI=1S/C20H20N2O3S/c1-14-4-3-5-15(10-14)11-18-12-21-20(26-18)22-19(23)13-25-17-8-6-16(24-2)7-9-17/h3-10,12H,11,13H2,1-2H3,(H,21,22,23). The van der Waals surface area contributed by atoms with Crippen LogP contribution in [0.5, 0.6) is 11.5 Å². The average molecular weight is 368 g/mol. The van der Waals surface area contributed by atoms with Crippen molar-refractivity contribution < 1.29 is 14.3 Å². The Morgan fingerprint density at radius 1 is 1.15 bits per heavy atom. The second kappa shape index (κ2) is 8.49. The highest BCUT2D eigenvalue weighted by atomic mass is 32.1. The van der Waals surface area contributed by atoms with Crippen LogP contribution in [0.2, 0.25) is 0 Å². The number of thiazole rings is 1. The van der Waals surface area contributed by atoms with E-state index in [1.165, 1.54) is 22.5 Å². The lowest BCUT2D eigenvalue weighted by Gasteiger charge is -2.06. The Hall–Kier alpha value is -2.86. The second-order valence-corrected chi connectivity index (χ2v) is 6.93. The first-order valence-electron chi connectivity index (χ1n) is 8.19. The molecule has 3 aromatic rings. The molecule has 1 amide bonds. The van der Waals surface area contributed by atoms with E-state index >= 15 is 0 Å². The lowest BCUT2D eigenvalue weighted by atomic mass is 10.1. The zero-order valence-corrected chi connectivity index (χ0v) is 15.5. The number of amides is 1. The fraction of sp³-hybridized carbons (Fsp3) is 0.200.